The molecule has 4 heteroatoms. The molecule has 4 nitrogen and oxygen atoms in total. The van der Waals surface area contributed by atoms with Crippen molar-refractivity contribution in [2.45, 2.75) is 43.8 Å². The zero-order valence-corrected chi connectivity index (χ0v) is 10.8. The quantitative estimate of drug-likeness (QED) is 0.847. The molecule has 1 aliphatic heterocycles. The summed E-state index contributed by atoms with van der Waals surface area (Å²) in [6.07, 6.45) is 6.76. The van der Waals surface area contributed by atoms with Crippen LogP contribution in [0.4, 0.5) is 5.82 Å². The molecular weight excluding hydrogens is 224 g/mol. The van der Waals surface area contributed by atoms with Crippen molar-refractivity contribution >= 4 is 5.82 Å². The summed E-state index contributed by atoms with van der Waals surface area (Å²) >= 11 is 0. The summed E-state index contributed by atoms with van der Waals surface area (Å²) < 4.78 is 0. The third-order valence-corrected chi connectivity index (χ3v) is 4.19. The summed E-state index contributed by atoms with van der Waals surface area (Å²) in [6.45, 7) is 2.27. The first-order chi connectivity index (χ1) is 8.81. The molecule has 2 fully saturated rings. The van der Waals surface area contributed by atoms with Gasteiger partial charge in [-0.2, -0.15) is 0 Å². The van der Waals surface area contributed by atoms with Gasteiger partial charge in [0.05, 0.1) is 0 Å². The van der Waals surface area contributed by atoms with Crippen LogP contribution in [0.25, 0.3) is 0 Å². The number of rotatable bonds is 3. The van der Waals surface area contributed by atoms with E-state index in [2.05, 4.69) is 15.2 Å². The monoisotopic (exact) mass is 246 g/mol. The van der Waals surface area contributed by atoms with Crippen molar-refractivity contribution in [1.29, 1.82) is 0 Å². The van der Waals surface area contributed by atoms with E-state index in [0.29, 0.717) is 12.1 Å². The van der Waals surface area contributed by atoms with E-state index in [-0.39, 0.29) is 0 Å². The first-order valence-corrected chi connectivity index (χ1v) is 6.98. The van der Waals surface area contributed by atoms with Gasteiger partial charge in [-0.1, -0.05) is 6.07 Å². The van der Waals surface area contributed by atoms with Crippen LogP contribution >= 0.6 is 0 Å². The number of likely N-dealkylation sites (tertiary alicyclic amines) is 1. The van der Waals surface area contributed by atoms with Crippen molar-refractivity contribution in [2.24, 2.45) is 5.73 Å². The van der Waals surface area contributed by atoms with E-state index in [1.165, 1.54) is 25.8 Å². The average molecular weight is 246 g/mol. The molecular formula is C14H22N4. The molecule has 1 aromatic heterocycles. The Bertz CT molecular complexity index is 381. The molecule has 98 valence electrons. The molecule has 3 atom stereocenters. The second-order valence-electron chi connectivity index (χ2n) is 5.57. The average Bonchev–Trinajstić information content (AvgIpc) is 2.99. The van der Waals surface area contributed by atoms with Crippen LogP contribution in [0.2, 0.25) is 0 Å². The third kappa shape index (κ3) is 2.65. The smallest absolute Gasteiger partial charge is 0.126 e. The number of nitrogens with zero attached hydrogens (tertiary/aromatic N) is 2. The zero-order valence-electron chi connectivity index (χ0n) is 10.8. The minimum atomic E-state index is 0.396. The second kappa shape index (κ2) is 5.24. The summed E-state index contributed by atoms with van der Waals surface area (Å²) in [5.41, 5.74) is 5.98. The van der Waals surface area contributed by atoms with Crippen LogP contribution in [-0.2, 0) is 0 Å². The van der Waals surface area contributed by atoms with Crippen LogP contribution in [-0.4, -0.2) is 41.1 Å². The standard InChI is InChI=1S/C14H22N4/c15-11-6-8-18(10-11)13-5-4-12(9-13)17-14-3-1-2-7-16-14/h1-3,7,11-13H,4-6,8-10,15H2,(H,16,17)/t11-,12?,13?/m1/s1. The molecule has 0 amide bonds. The normalized spacial score (nSPS) is 32.8. The van der Waals surface area contributed by atoms with Gasteiger partial charge in [-0.3, -0.25) is 4.90 Å². The van der Waals surface area contributed by atoms with Crippen molar-refractivity contribution in [3.8, 4) is 0 Å². The molecule has 0 aromatic carbocycles. The molecule has 0 spiro atoms. The van der Waals surface area contributed by atoms with Gasteiger partial charge in [0.15, 0.2) is 0 Å². The molecule has 2 aliphatic rings. The van der Waals surface area contributed by atoms with Crippen molar-refractivity contribution in [2.75, 3.05) is 18.4 Å². The van der Waals surface area contributed by atoms with Gasteiger partial charge in [0, 0.05) is 37.4 Å². The Balaban J connectivity index is 1.52. The van der Waals surface area contributed by atoms with E-state index in [1.54, 1.807) is 0 Å². The van der Waals surface area contributed by atoms with Crippen molar-refractivity contribution in [3.63, 3.8) is 0 Å². The van der Waals surface area contributed by atoms with E-state index >= 15 is 0 Å². The Kier molecular flexibility index (Phi) is 3.48. The minimum absolute atomic E-state index is 0.396. The van der Waals surface area contributed by atoms with Crippen LogP contribution in [0.3, 0.4) is 0 Å². The summed E-state index contributed by atoms with van der Waals surface area (Å²) in [4.78, 5) is 6.91. The van der Waals surface area contributed by atoms with Crippen LogP contribution < -0.4 is 11.1 Å². The SMILES string of the molecule is N[C@@H]1CCN(C2CCC(Nc3ccccn3)C2)C1. The van der Waals surface area contributed by atoms with Gasteiger partial charge in [0.25, 0.3) is 0 Å². The molecule has 1 saturated heterocycles. The number of nitrogens with two attached hydrogens (primary N) is 1. The molecule has 1 aromatic rings. The summed E-state index contributed by atoms with van der Waals surface area (Å²) in [7, 11) is 0. The molecule has 18 heavy (non-hydrogen) atoms. The number of anilines is 1. The lowest BCUT2D eigenvalue weighted by Crippen LogP contribution is -2.34. The van der Waals surface area contributed by atoms with Gasteiger partial charge in [-0.15, -0.1) is 0 Å². The molecule has 2 unspecified atom stereocenters. The van der Waals surface area contributed by atoms with Crippen LogP contribution in [0, 0.1) is 0 Å². The highest BCUT2D eigenvalue weighted by Gasteiger charge is 2.32. The van der Waals surface area contributed by atoms with Crippen molar-refractivity contribution in [1.82, 2.24) is 9.88 Å². The van der Waals surface area contributed by atoms with E-state index in [1.807, 2.05) is 24.4 Å². The lowest BCUT2D eigenvalue weighted by Gasteiger charge is -2.23. The third-order valence-electron chi connectivity index (χ3n) is 4.19. The predicted molar refractivity (Wildman–Crippen MR) is 73.5 cm³/mol. The van der Waals surface area contributed by atoms with E-state index in [0.717, 1.165) is 24.8 Å². The Hall–Kier alpha value is -1.13. The molecule has 2 heterocycles. The lowest BCUT2D eigenvalue weighted by atomic mass is 10.2. The maximum absolute atomic E-state index is 5.98. The molecule has 3 rings (SSSR count). The van der Waals surface area contributed by atoms with E-state index in [4.69, 9.17) is 5.73 Å². The Morgan fingerprint density at radius 1 is 1.28 bits per heavy atom. The van der Waals surface area contributed by atoms with Gasteiger partial charge < -0.3 is 11.1 Å². The zero-order chi connectivity index (χ0) is 12.4. The number of nitrogens with one attached hydrogen (secondary N) is 1. The van der Waals surface area contributed by atoms with E-state index in [9.17, 15) is 0 Å². The molecule has 3 N–H and O–H groups in total. The maximum Gasteiger partial charge on any atom is 0.126 e. The van der Waals surface area contributed by atoms with Crippen LogP contribution in [0.5, 0.6) is 0 Å². The van der Waals surface area contributed by atoms with Crippen LogP contribution in [0.15, 0.2) is 24.4 Å². The highest BCUT2D eigenvalue weighted by molar-refractivity contribution is 5.34. The van der Waals surface area contributed by atoms with Gasteiger partial charge in [0.2, 0.25) is 0 Å². The van der Waals surface area contributed by atoms with Crippen LogP contribution in [0.1, 0.15) is 25.7 Å². The molecule has 1 saturated carbocycles. The first kappa shape index (κ1) is 11.9. The maximum atomic E-state index is 5.98. The van der Waals surface area contributed by atoms with Crippen molar-refractivity contribution < 1.29 is 0 Å². The fourth-order valence-electron chi connectivity index (χ4n) is 3.22. The number of hydrogen-bond acceptors (Lipinski definition) is 4. The number of aromatic nitrogens is 1. The fourth-order valence-corrected chi connectivity index (χ4v) is 3.22. The predicted octanol–water partition coefficient (Wildman–Crippen LogP) is 1.45. The summed E-state index contributed by atoms with van der Waals surface area (Å²) in [6, 6.07) is 7.71. The largest absolute Gasteiger partial charge is 0.367 e. The number of pyridine rings is 1. The van der Waals surface area contributed by atoms with Crippen molar-refractivity contribution in [3.05, 3.63) is 24.4 Å². The van der Waals surface area contributed by atoms with Gasteiger partial charge in [-0.25, -0.2) is 4.98 Å². The highest BCUT2D eigenvalue weighted by atomic mass is 15.2. The summed E-state index contributed by atoms with van der Waals surface area (Å²) in [5.74, 6) is 1.00. The highest BCUT2D eigenvalue weighted by Crippen LogP contribution is 2.28. The minimum Gasteiger partial charge on any atom is -0.367 e. The molecule has 0 radical (unpaired) electrons. The fraction of sp³-hybridized carbons (Fsp3) is 0.643. The van der Waals surface area contributed by atoms with Gasteiger partial charge in [0.1, 0.15) is 5.82 Å². The summed E-state index contributed by atoms with van der Waals surface area (Å²) in [5, 5.41) is 3.54. The second-order valence-corrected chi connectivity index (χ2v) is 5.57. The van der Waals surface area contributed by atoms with Gasteiger partial charge >= 0.3 is 0 Å². The lowest BCUT2D eigenvalue weighted by molar-refractivity contribution is 0.242. The first-order valence-electron chi connectivity index (χ1n) is 6.98. The number of hydrogen-bond donors (Lipinski definition) is 2. The molecule has 0 bridgehead atoms. The van der Waals surface area contributed by atoms with Gasteiger partial charge in [-0.05, 0) is 37.8 Å². The Labute approximate surface area is 109 Å². The molecule has 1 aliphatic carbocycles. The Morgan fingerprint density at radius 3 is 2.94 bits per heavy atom. The van der Waals surface area contributed by atoms with E-state index < -0.39 is 0 Å². The topological polar surface area (TPSA) is 54.2 Å². The Morgan fingerprint density at radius 2 is 2.22 bits per heavy atom.